The van der Waals surface area contributed by atoms with Crippen molar-refractivity contribution in [3.05, 3.63) is 29.1 Å². The van der Waals surface area contributed by atoms with Crippen molar-refractivity contribution in [2.24, 2.45) is 5.41 Å². The summed E-state index contributed by atoms with van der Waals surface area (Å²) in [7, 11) is 0. The summed E-state index contributed by atoms with van der Waals surface area (Å²) in [5, 5.41) is 0. The van der Waals surface area contributed by atoms with E-state index in [-0.39, 0.29) is 0 Å². The molecule has 2 fully saturated rings. The molecule has 2 aliphatic rings. The van der Waals surface area contributed by atoms with E-state index in [1.807, 2.05) is 0 Å². The van der Waals surface area contributed by atoms with E-state index in [1.54, 1.807) is 0 Å². The number of fused-ring (bicyclic) bond motifs is 1. The highest BCUT2D eigenvalue weighted by molar-refractivity contribution is 5.79. The van der Waals surface area contributed by atoms with Gasteiger partial charge in [-0.15, -0.1) is 0 Å². The number of nitrogens with zero attached hydrogens (tertiary/aromatic N) is 2. The molecule has 0 amide bonds. The van der Waals surface area contributed by atoms with Gasteiger partial charge in [0.05, 0.1) is 30.3 Å². The van der Waals surface area contributed by atoms with E-state index in [0.29, 0.717) is 11.5 Å². The Kier molecular flexibility index (Phi) is 3.69. The number of aryl methyl sites for hydroxylation is 2. The van der Waals surface area contributed by atoms with E-state index in [0.717, 1.165) is 43.1 Å². The molecule has 1 aromatic carbocycles. The van der Waals surface area contributed by atoms with E-state index in [1.165, 1.54) is 30.4 Å². The van der Waals surface area contributed by atoms with Gasteiger partial charge in [-0.1, -0.05) is 6.07 Å². The molecule has 2 aliphatic heterocycles. The van der Waals surface area contributed by atoms with Gasteiger partial charge in [-0.2, -0.15) is 0 Å². The van der Waals surface area contributed by atoms with Gasteiger partial charge in [-0.3, -0.25) is 4.90 Å². The fourth-order valence-electron chi connectivity index (χ4n) is 4.23. The van der Waals surface area contributed by atoms with Crippen LogP contribution in [-0.2, 0) is 11.3 Å². The van der Waals surface area contributed by atoms with Crippen LogP contribution in [0, 0.1) is 19.3 Å². The zero-order valence-corrected chi connectivity index (χ0v) is 14.5. The van der Waals surface area contributed by atoms with Gasteiger partial charge in [0.2, 0.25) is 0 Å². The van der Waals surface area contributed by atoms with Crippen molar-refractivity contribution >= 4 is 11.0 Å². The first kappa shape index (κ1) is 15.2. The predicted octanol–water partition coefficient (Wildman–Crippen LogP) is 3.57. The normalized spacial score (nSPS) is 24.7. The number of H-pyrrole nitrogens is 1. The number of nitrogens with one attached hydrogen (secondary N) is 1. The minimum atomic E-state index is 0.447. The molecular weight excluding hydrogens is 286 g/mol. The lowest BCUT2D eigenvalue weighted by Crippen LogP contribution is -2.40. The number of hydrogen-bond donors (Lipinski definition) is 1. The van der Waals surface area contributed by atoms with Crippen molar-refractivity contribution in [2.45, 2.75) is 52.7 Å². The zero-order chi connectivity index (χ0) is 16.0. The Hall–Kier alpha value is -1.39. The number of rotatable bonds is 2. The SMILES string of the molecule is Cc1ccc2[nH]c(CN3CCC4(CC3)COC(C)C4)nc2c1C. The number of ether oxygens (including phenoxy) is 1. The summed E-state index contributed by atoms with van der Waals surface area (Å²) in [6.45, 7) is 10.7. The van der Waals surface area contributed by atoms with Gasteiger partial charge in [0.1, 0.15) is 5.82 Å². The first-order valence-corrected chi connectivity index (χ1v) is 8.83. The second kappa shape index (κ2) is 5.60. The molecule has 1 N–H and O–H groups in total. The molecule has 0 bridgehead atoms. The van der Waals surface area contributed by atoms with Gasteiger partial charge < -0.3 is 9.72 Å². The molecular formula is C19H27N3O. The van der Waals surface area contributed by atoms with Crippen LogP contribution in [0.1, 0.15) is 43.1 Å². The highest BCUT2D eigenvalue weighted by Gasteiger charge is 2.40. The first-order valence-electron chi connectivity index (χ1n) is 8.83. The first-order chi connectivity index (χ1) is 11.0. The summed E-state index contributed by atoms with van der Waals surface area (Å²) in [4.78, 5) is 10.9. The summed E-state index contributed by atoms with van der Waals surface area (Å²) >= 11 is 0. The van der Waals surface area contributed by atoms with Crippen LogP contribution in [0.15, 0.2) is 12.1 Å². The Morgan fingerprint density at radius 2 is 2.09 bits per heavy atom. The molecule has 1 atom stereocenters. The van der Waals surface area contributed by atoms with E-state index in [4.69, 9.17) is 9.72 Å². The Bertz CT molecular complexity index is 713. The molecule has 1 unspecified atom stereocenters. The van der Waals surface area contributed by atoms with E-state index < -0.39 is 0 Å². The number of likely N-dealkylation sites (tertiary alicyclic amines) is 1. The van der Waals surface area contributed by atoms with Crippen LogP contribution in [0.25, 0.3) is 11.0 Å². The summed E-state index contributed by atoms with van der Waals surface area (Å²) in [5.41, 5.74) is 5.35. The lowest BCUT2D eigenvalue weighted by Gasteiger charge is -2.38. The lowest BCUT2D eigenvalue weighted by molar-refractivity contribution is 0.0660. The average Bonchev–Trinajstić information content (AvgIpc) is 3.10. The van der Waals surface area contributed by atoms with Crippen LogP contribution in [0.3, 0.4) is 0 Å². The Morgan fingerprint density at radius 3 is 2.78 bits per heavy atom. The highest BCUT2D eigenvalue weighted by atomic mass is 16.5. The maximum Gasteiger partial charge on any atom is 0.121 e. The lowest BCUT2D eigenvalue weighted by atomic mass is 9.77. The highest BCUT2D eigenvalue weighted by Crippen LogP contribution is 2.41. The minimum absolute atomic E-state index is 0.447. The standard InChI is InChI=1S/C19H27N3O/c1-13-4-5-16-18(15(13)3)21-17(20-16)11-22-8-6-19(7-9-22)10-14(2)23-12-19/h4-5,14H,6-12H2,1-3H3,(H,20,21). The van der Waals surface area contributed by atoms with Crippen molar-refractivity contribution in [1.82, 2.24) is 14.9 Å². The van der Waals surface area contributed by atoms with Crippen molar-refractivity contribution < 1.29 is 4.74 Å². The van der Waals surface area contributed by atoms with Gasteiger partial charge in [-0.05, 0) is 75.7 Å². The molecule has 3 heterocycles. The third-order valence-electron chi connectivity index (χ3n) is 5.91. The molecule has 0 radical (unpaired) electrons. The number of aromatic amines is 1. The third-order valence-corrected chi connectivity index (χ3v) is 5.91. The second-order valence-corrected chi connectivity index (χ2v) is 7.69. The minimum Gasteiger partial charge on any atom is -0.378 e. The molecule has 2 saturated heterocycles. The fourth-order valence-corrected chi connectivity index (χ4v) is 4.23. The van der Waals surface area contributed by atoms with Gasteiger partial charge in [0, 0.05) is 0 Å². The maximum absolute atomic E-state index is 5.83. The molecule has 0 aliphatic carbocycles. The van der Waals surface area contributed by atoms with Gasteiger partial charge in [-0.25, -0.2) is 4.98 Å². The summed E-state index contributed by atoms with van der Waals surface area (Å²) < 4.78 is 5.83. The number of imidazole rings is 1. The monoisotopic (exact) mass is 313 g/mol. The summed E-state index contributed by atoms with van der Waals surface area (Å²) in [6, 6.07) is 4.32. The summed E-state index contributed by atoms with van der Waals surface area (Å²) in [6.07, 6.45) is 4.21. The number of piperidine rings is 1. The zero-order valence-electron chi connectivity index (χ0n) is 14.5. The third kappa shape index (κ3) is 2.79. The van der Waals surface area contributed by atoms with Crippen LogP contribution in [0.5, 0.6) is 0 Å². The number of aromatic nitrogens is 2. The number of hydrogen-bond acceptors (Lipinski definition) is 3. The number of benzene rings is 1. The Labute approximate surface area is 138 Å². The van der Waals surface area contributed by atoms with Gasteiger partial charge in [0.25, 0.3) is 0 Å². The molecule has 1 spiro atoms. The molecule has 124 valence electrons. The average molecular weight is 313 g/mol. The fraction of sp³-hybridized carbons (Fsp3) is 0.632. The quantitative estimate of drug-likeness (QED) is 0.921. The van der Waals surface area contributed by atoms with Crippen LogP contribution in [-0.4, -0.2) is 40.7 Å². The van der Waals surface area contributed by atoms with Gasteiger partial charge in [0.15, 0.2) is 0 Å². The van der Waals surface area contributed by atoms with Crippen LogP contribution in [0.2, 0.25) is 0 Å². The van der Waals surface area contributed by atoms with Crippen molar-refractivity contribution in [3.8, 4) is 0 Å². The largest absolute Gasteiger partial charge is 0.378 e. The Balaban J connectivity index is 1.44. The van der Waals surface area contributed by atoms with Crippen LogP contribution < -0.4 is 0 Å². The van der Waals surface area contributed by atoms with E-state index >= 15 is 0 Å². The molecule has 1 aromatic heterocycles. The van der Waals surface area contributed by atoms with E-state index in [2.05, 4.69) is 42.8 Å². The van der Waals surface area contributed by atoms with E-state index in [9.17, 15) is 0 Å². The molecule has 4 nitrogen and oxygen atoms in total. The molecule has 4 rings (SSSR count). The van der Waals surface area contributed by atoms with Crippen molar-refractivity contribution in [2.75, 3.05) is 19.7 Å². The van der Waals surface area contributed by atoms with Gasteiger partial charge >= 0.3 is 0 Å². The van der Waals surface area contributed by atoms with Crippen molar-refractivity contribution in [3.63, 3.8) is 0 Å². The second-order valence-electron chi connectivity index (χ2n) is 7.69. The summed E-state index contributed by atoms with van der Waals surface area (Å²) in [5.74, 6) is 1.10. The molecule has 2 aromatic rings. The Morgan fingerprint density at radius 1 is 1.30 bits per heavy atom. The van der Waals surface area contributed by atoms with Crippen molar-refractivity contribution in [1.29, 1.82) is 0 Å². The molecule has 23 heavy (non-hydrogen) atoms. The topological polar surface area (TPSA) is 41.2 Å². The maximum atomic E-state index is 5.83. The van der Waals surface area contributed by atoms with Crippen LogP contribution in [0.4, 0.5) is 0 Å². The van der Waals surface area contributed by atoms with Crippen LogP contribution >= 0.6 is 0 Å². The predicted molar refractivity (Wildman–Crippen MR) is 92.5 cm³/mol. The molecule has 0 saturated carbocycles. The smallest absolute Gasteiger partial charge is 0.121 e. The molecule has 4 heteroatoms.